The maximum atomic E-state index is 7.65. The molecule has 0 N–H and O–H groups in total. The quantitative estimate of drug-likeness (QED) is 0.235. The first-order valence-corrected chi connectivity index (χ1v) is 14.6. The summed E-state index contributed by atoms with van der Waals surface area (Å²) < 4.78 is -0.922. The zero-order valence-corrected chi connectivity index (χ0v) is 27.4. The maximum Gasteiger partial charge on any atom is 0.0923 e. The summed E-state index contributed by atoms with van der Waals surface area (Å²) in [5, 5.41) is 0. The summed E-state index contributed by atoms with van der Waals surface area (Å²) in [4.78, 5) is 0. The summed E-state index contributed by atoms with van der Waals surface area (Å²) in [7, 11) is -1.06. The van der Waals surface area contributed by atoms with Crippen LogP contribution in [0.2, 0.25) is 0 Å². The molecule has 2 aromatic carbocycles. The van der Waals surface area contributed by atoms with Gasteiger partial charge in [0.2, 0.25) is 0 Å². The van der Waals surface area contributed by atoms with E-state index in [2.05, 4.69) is 91.8 Å². The van der Waals surface area contributed by atoms with Gasteiger partial charge in [-0.05, 0) is 108 Å². The second-order valence-corrected chi connectivity index (χ2v) is 15.9. The molecule has 180 valence electrons. The van der Waals surface area contributed by atoms with Crippen LogP contribution < -0.4 is 0 Å². The van der Waals surface area contributed by atoms with Crippen molar-refractivity contribution >= 4 is 43.9 Å². The third-order valence-corrected chi connectivity index (χ3v) is 12.5. The fraction of sp³-hybridized carbons (Fsp3) is 0.467. The molecule has 4 rings (SSSR count). The van der Waals surface area contributed by atoms with Crippen LogP contribution in [0.3, 0.4) is 0 Å². The predicted molar refractivity (Wildman–Crippen MR) is 150 cm³/mol. The van der Waals surface area contributed by atoms with E-state index < -0.39 is 18.5 Å². The van der Waals surface area contributed by atoms with Crippen molar-refractivity contribution in [2.75, 3.05) is 0 Å². The molecule has 0 bridgehead atoms. The van der Waals surface area contributed by atoms with Crippen LogP contribution in [0.15, 0.2) is 47.5 Å². The van der Waals surface area contributed by atoms with Gasteiger partial charge in [0.25, 0.3) is 0 Å². The first-order chi connectivity index (χ1) is 15.4. The van der Waals surface area contributed by atoms with E-state index in [-0.39, 0.29) is 26.2 Å². The molecular formula is C30H38Cl2SiZr. The minimum atomic E-state index is -1.06. The first-order valence-electron chi connectivity index (χ1n) is 12.4. The van der Waals surface area contributed by atoms with Crippen LogP contribution >= 0.6 is 23.2 Å². The van der Waals surface area contributed by atoms with Gasteiger partial charge in [0.1, 0.15) is 0 Å². The number of fused-ring (bicyclic) bond motifs is 2. The molecule has 2 atom stereocenters. The van der Waals surface area contributed by atoms with Crippen molar-refractivity contribution in [3.05, 3.63) is 80.9 Å². The molecule has 4 heteroatoms. The van der Waals surface area contributed by atoms with Gasteiger partial charge >= 0.3 is 0 Å². The maximum absolute atomic E-state index is 7.65. The van der Waals surface area contributed by atoms with Crippen molar-refractivity contribution in [2.45, 2.75) is 77.2 Å². The topological polar surface area (TPSA) is 0 Å². The third kappa shape index (κ3) is 4.67. The summed E-state index contributed by atoms with van der Waals surface area (Å²) in [5.74, 6) is 1.28. The molecule has 0 radical (unpaired) electrons. The number of benzene rings is 2. The van der Waals surface area contributed by atoms with Crippen LogP contribution in [0.4, 0.5) is 0 Å². The van der Waals surface area contributed by atoms with Crippen molar-refractivity contribution in [3.8, 4) is 0 Å². The van der Waals surface area contributed by atoms with Gasteiger partial charge < -0.3 is 0 Å². The second kappa shape index (κ2) is 10.2. The minimum Gasteiger partial charge on any atom is -0.114 e. The van der Waals surface area contributed by atoms with Crippen molar-refractivity contribution in [2.24, 2.45) is 11.8 Å². The number of allylic oxidation sites excluding steroid dienone is 4. The van der Waals surface area contributed by atoms with Gasteiger partial charge in [-0.2, -0.15) is 0 Å². The van der Waals surface area contributed by atoms with Crippen LogP contribution in [0.25, 0.3) is 11.1 Å². The molecule has 0 nitrogen and oxygen atoms in total. The zero-order chi connectivity index (χ0) is 24.3. The van der Waals surface area contributed by atoms with Gasteiger partial charge in [-0.3, -0.25) is 0 Å². The van der Waals surface area contributed by atoms with E-state index in [1.807, 2.05) is 0 Å². The number of hydrogen-bond acceptors (Lipinski definition) is 0. The van der Waals surface area contributed by atoms with E-state index in [9.17, 15) is 0 Å². The van der Waals surface area contributed by atoms with Crippen molar-refractivity contribution in [1.82, 2.24) is 0 Å². The fourth-order valence-corrected chi connectivity index (χ4v) is 10.6. The average Bonchev–Trinajstić information content (AvgIpc) is 3.03. The fourth-order valence-electron chi connectivity index (χ4n) is 5.88. The summed E-state index contributed by atoms with van der Waals surface area (Å²) in [5.41, 5.74) is 13.3. The van der Waals surface area contributed by atoms with Crippen LogP contribution in [0.5, 0.6) is 0 Å². The van der Waals surface area contributed by atoms with Crippen LogP contribution in [-0.2, 0) is 48.0 Å². The minimum absolute atomic E-state index is 0. The van der Waals surface area contributed by atoms with E-state index >= 15 is 0 Å². The molecule has 2 unspecified atom stereocenters. The molecule has 0 heterocycles. The number of rotatable bonds is 6. The van der Waals surface area contributed by atoms with Gasteiger partial charge in [0.05, 0.1) is 18.5 Å². The Bertz CT molecular complexity index is 1080. The van der Waals surface area contributed by atoms with E-state index in [1.165, 1.54) is 55.7 Å². The SMILES string of the molecule is CC1=C(C)C(Cl)([SiH2]C2(Cl)C(C)=C(C)c3cc(CC(C)C)ccc32)c2ccc(CC(C)C)cc21.[Zr]. The van der Waals surface area contributed by atoms with E-state index in [4.69, 9.17) is 23.2 Å². The molecule has 0 amide bonds. The van der Waals surface area contributed by atoms with E-state index in [0.717, 1.165) is 12.8 Å². The number of halogens is 2. The molecule has 0 aliphatic heterocycles. The molecule has 0 spiro atoms. The molecule has 34 heavy (non-hydrogen) atoms. The molecule has 0 aromatic heterocycles. The molecule has 0 saturated heterocycles. The summed E-state index contributed by atoms with van der Waals surface area (Å²) in [6, 6.07) is 13.9. The van der Waals surface area contributed by atoms with Crippen molar-refractivity contribution in [3.63, 3.8) is 0 Å². The number of alkyl halides is 2. The predicted octanol–water partition coefficient (Wildman–Crippen LogP) is 8.35. The van der Waals surface area contributed by atoms with Crippen LogP contribution in [-0.4, -0.2) is 9.52 Å². The van der Waals surface area contributed by atoms with Crippen LogP contribution in [0, 0.1) is 11.8 Å². The normalized spacial score (nSPS) is 24.0. The Morgan fingerprint density at radius 1 is 0.676 bits per heavy atom. The van der Waals surface area contributed by atoms with Gasteiger partial charge in [0.15, 0.2) is 0 Å². The summed E-state index contributed by atoms with van der Waals surface area (Å²) >= 11 is 15.3. The Balaban J connectivity index is 0.00000324. The Morgan fingerprint density at radius 3 is 1.35 bits per heavy atom. The van der Waals surface area contributed by atoms with Gasteiger partial charge in [-0.25, -0.2) is 0 Å². The van der Waals surface area contributed by atoms with Gasteiger partial charge in [0, 0.05) is 26.2 Å². The molecule has 0 saturated carbocycles. The summed E-state index contributed by atoms with van der Waals surface area (Å²) in [6.45, 7) is 18.0. The Kier molecular flexibility index (Phi) is 8.42. The monoisotopic (exact) mass is 586 g/mol. The van der Waals surface area contributed by atoms with Gasteiger partial charge in [-0.15, -0.1) is 23.2 Å². The van der Waals surface area contributed by atoms with E-state index in [0.29, 0.717) is 11.8 Å². The Hall–Kier alpha value is -0.400. The van der Waals surface area contributed by atoms with Crippen LogP contribution in [0.1, 0.15) is 88.8 Å². The Morgan fingerprint density at radius 2 is 1.03 bits per heavy atom. The second-order valence-electron chi connectivity index (χ2n) is 11.2. The molecular weight excluding hydrogens is 551 g/mol. The summed E-state index contributed by atoms with van der Waals surface area (Å²) in [6.07, 6.45) is 2.19. The third-order valence-electron chi connectivity index (χ3n) is 7.92. The largest absolute Gasteiger partial charge is 0.114 e. The smallest absolute Gasteiger partial charge is 0.0923 e. The zero-order valence-electron chi connectivity index (χ0n) is 22.0. The van der Waals surface area contributed by atoms with E-state index in [1.54, 1.807) is 0 Å². The molecule has 0 fully saturated rings. The standard InChI is InChI=1S/C30H38Cl2Si.Zr/c1-17(2)13-23-9-11-27-25(15-23)19(5)21(7)29(27,31)33-30(32)22(8)20(6)26-16-24(14-18(3)4)10-12-28(26)30;/h9-12,15-18H,13-14,33H2,1-8H3;. The van der Waals surface area contributed by atoms with Crippen molar-refractivity contribution in [1.29, 1.82) is 0 Å². The first kappa shape index (κ1) is 28.2. The average molecular weight is 589 g/mol. The molecule has 2 aliphatic carbocycles. The molecule has 2 aliphatic rings. The van der Waals surface area contributed by atoms with Gasteiger partial charge in [-0.1, -0.05) is 64.1 Å². The Labute approximate surface area is 238 Å². The number of hydrogen-bond donors (Lipinski definition) is 0. The molecule has 2 aromatic rings. The van der Waals surface area contributed by atoms with Crippen molar-refractivity contribution < 1.29 is 26.2 Å².